The van der Waals surface area contributed by atoms with Crippen LogP contribution in [0.15, 0.2) is 6.07 Å². The monoisotopic (exact) mass is 389 g/mol. The Labute approximate surface area is 168 Å². The number of H-pyrrole nitrogens is 1. The largest absolute Gasteiger partial charge is 0.342 e. The number of amides is 2. The van der Waals surface area contributed by atoms with E-state index in [-0.39, 0.29) is 11.8 Å². The zero-order valence-electron chi connectivity index (χ0n) is 17.6. The van der Waals surface area contributed by atoms with Crippen LogP contribution in [0.25, 0.3) is 0 Å². The lowest BCUT2D eigenvalue weighted by atomic mass is 9.78. The quantitative estimate of drug-likeness (QED) is 0.808. The van der Waals surface area contributed by atoms with Gasteiger partial charge in [-0.1, -0.05) is 13.3 Å². The van der Waals surface area contributed by atoms with Crippen LogP contribution in [-0.4, -0.2) is 83.5 Å². The minimum absolute atomic E-state index is 0.0566. The third-order valence-corrected chi connectivity index (χ3v) is 6.21. The van der Waals surface area contributed by atoms with Crippen molar-refractivity contribution in [1.29, 1.82) is 0 Å². The first kappa shape index (κ1) is 20.8. The van der Waals surface area contributed by atoms with E-state index in [1.807, 2.05) is 34.9 Å². The predicted molar refractivity (Wildman–Crippen MR) is 109 cm³/mol. The van der Waals surface area contributed by atoms with E-state index in [1.165, 1.54) is 0 Å². The molecule has 0 radical (unpaired) electrons. The normalized spacial score (nSPS) is 19.4. The summed E-state index contributed by atoms with van der Waals surface area (Å²) < 4.78 is 0. The van der Waals surface area contributed by atoms with Crippen LogP contribution in [0.1, 0.15) is 55.2 Å². The van der Waals surface area contributed by atoms with Gasteiger partial charge in [-0.05, 0) is 64.1 Å². The molecule has 2 amide bonds. The lowest BCUT2D eigenvalue weighted by Crippen LogP contribution is -2.45. The Balaban J connectivity index is 1.44. The average molecular weight is 390 g/mol. The van der Waals surface area contributed by atoms with Crippen LogP contribution in [0.2, 0.25) is 0 Å². The first-order valence-corrected chi connectivity index (χ1v) is 10.7. The van der Waals surface area contributed by atoms with E-state index in [4.69, 9.17) is 0 Å². The van der Waals surface area contributed by atoms with Crippen molar-refractivity contribution in [3.05, 3.63) is 17.5 Å². The maximum absolute atomic E-state index is 12.7. The van der Waals surface area contributed by atoms with Crippen molar-refractivity contribution >= 4 is 11.8 Å². The summed E-state index contributed by atoms with van der Waals surface area (Å²) in [5, 5.41) is 7.19. The molecule has 3 rings (SSSR count). The lowest BCUT2D eigenvalue weighted by Gasteiger charge is -2.40. The Bertz CT molecular complexity index is 656. The number of likely N-dealkylation sites (N-methyl/N-ethyl adjacent to an activating group) is 1. The summed E-state index contributed by atoms with van der Waals surface area (Å²) in [6.07, 6.45) is 6.29. The van der Waals surface area contributed by atoms with Crippen LogP contribution in [0.3, 0.4) is 0 Å². The molecule has 0 spiro atoms. The number of piperidine rings is 2. The minimum Gasteiger partial charge on any atom is -0.342 e. The SMILES string of the molecule is CCCc1cc(C(=O)N2CCC(C3CCN(C(=O)CN(C)C)CC3)CC2)n[nH]1. The number of likely N-dealkylation sites (tertiary alicyclic amines) is 2. The first-order chi connectivity index (χ1) is 13.5. The highest BCUT2D eigenvalue weighted by atomic mass is 16.2. The van der Waals surface area contributed by atoms with Gasteiger partial charge in [0, 0.05) is 31.9 Å². The Kier molecular flexibility index (Phi) is 7.10. The maximum atomic E-state index is 12.7. The molecule has 2 fully saturated rings. The highest BCUT2D eigenvalue weighted by Gasteiger charge is 2.32. The second-order valence-corrected chi connectivity index (χ2v) is 8.61. The number of carbonyl (C=O) groups excluding carboxylic acids is 2. The summed E-state index contributed by atoms with van der Waals surface area (Å²) in [6.45, 7) is 6.01. The first-order valence-electron chi connectivity index (χ1n) is 10.7. The summed E-state index contributed by atoms with van der Waals surface area (Å²) in [5.74, 6) is 1.65. The predicted octanol–water partition coefficient (Wildman–Crippen LogP) is 2.01. The molecule has 2 saturated heterocycles. The standard InChI is InChI=1S/C21H35N5O2/c1-4-5-18-14-19(23-22-18)21(28)26-12-8-17(9-13-26)16-6-10-25(11-7-16)20(27)15-24(2)3/h14,16-17H,4-13,15H2,1-3H3,(H,22,23). The highest BCUT2D eigenvalue weighted by molar-refractivity contribution is 5.92. The molecule has 1 aromatic rings. The van der Waals surface area contributed by atoms with Crippen molar-refractivity contribution < 1.29 is 9.59 Å². The number of hydrogen-bond acceptors (Lipinski definition) is 4. The third-order valence-electron chi connectivity index (χ3n) is 6.21. The van der Waals surface area contributed by atoms with Gasteiger partial charge in [0.1, 0.15) is 5.69 Å². The Morgan fingerprint density at radius 3 is 2.18 bits per heavy atom. The molecule has 0 saturated carbocycles. The summed E-state index contributed by atoms with van der Waals surface area (Å²) in [4.78, 5) is 30.8. The Morgan fingerprint density at radius 1 is 1.07 bits per heavy atom. The van der Waals surface area contributed by atoms with Crippen LogP contribution >= 0.6 is 0 Å². The molecule has 28 heavy (non-hydrogen) atoms. The number of nitrogens with zero attached hydrogens (tertiary/aromatic N) is 4. The number of carbonyl (C=O) groups is 2. The number of aryl methyl sites for hydroxylation is 1. The summed E-state index contributed by atoms with van der Waals surface area (Å²) in [7, 11) is 3.88. The highest BCUT2D eigenvalue weighted by Crippen LogP contribution is 2.32. The zero-order valence-corrected chi connectivity index (χ0v) is 17.6. The molecular weight excluding hydrogens is 354 g/mol. The molecule has 7 nitrogen and oxygen atoms in total. The fourth-order valence-electron chi connectivity index (χ4n) is 4.60. The van der Waals surface area contributed by atoms with Gasteiger partial charge < -0.3 is 14.7 Å². The van der Waals surface area contributed by atoms with E-state index in [1.54, 1.807) is 0 Å². The molecule has 0 atom stereocenters. The van der Waals surface area contributed by atoms with E-state index in [0.29, 0.717) is 24.1 Å². The smallest absolute Gasteiger partial charge is 0.274 e. The van der Waals surface area contributed by atoms with Gasteiger partial charge in [-0.3, -0.25) is 14.7 Å². The molecule has 156 valence electrons. The fraction of sp³-hybridized carbons (Fsp3) is 0.762. The molecule has 2 aliphatic heterocycles. The maximum Gasteiger partial charge on any atom is 0.274 e. The number of aromatic nitrogens is 2. The number of aromatic amines is 1. The van der Waals surface area contributed by atoms with Gasteiger partial charge in [-0.15, -0.1) is 0 Å². The van der Waals surface area contributed by atoms with Crippen LogP contribution in [-0.2, 0) is 11.2 Å². The Hall–Kier alpha value is -1.89. The van der Waals surface area contributed by atoms with Crippen molar-refractivity contribution in [2.75, 3.05) is 46.8 Å². The molecule has 3 heterocycles. The molecule has 0 bridgehead atoms. The van der Waals surface area contributed by atoms with Crippen molar-refractivity contribution in [1.82, 2.24) is 24.9 Å². The molecule has 0 aliphatic carbocycles. The zero-order chi connectivity index (χ0) is 20.1. The molecular formula is C21H35N5O2. The molecule has 7 heteroatoms. The third kappa shape index (κ3) is 5.13. The van der Waals surface area contributed by atoms with Crippen LogP contribution < -0.4 is 0 Å². The van der Waals surface area contributed by atoms with Crippen LogP contribution in [0.5, 0.6) is 0 Å². The van der Waals surface area contributed by atoms with E-state index in [2.05, 4.69) is 17.1 Å². The van der Waals surface area contributed by atoms with Gasteiger partial charge in [-0.25, -0.2) is 0 Å². The molecule has 1 N–H and O–H groups in total. The van der Waals surface area contributed by atoms with Gasteiger partial charge in [0.15, 0.2) is 0 Å². The van der Waals surface area contributed by atoms with E-state index in [9.17, 15) is 9.59 Å². The van der Waals surface area contributed by atoms with Gasteiger partial charge >= 0.3 is 0 Å². The summed E-state index contributed by atoms with van der Waals surface area (Å²) in [5.41, 5.74) is 1.59. The minimum atomic E-state index is 0.0566. The Morgan fingerprint density at radius 2 is 1.64 bits per heavy atom. The molecule has 0 aromatic carbocycles. The van der Waals surface area contributed by atoms with E-state index < -0.39 is 0 Å². The van der Waals surface area contributed by atoms with Gasteiger partial charge in [0.25, 0.3) is 5.91 Å². The number of nitrogens with one attached hydrogen (secondary N) is 1. The van der Waals surface area contributed by atoms with Crippen molar-refractivity contribution in [3.8, 4) is 0 Å². The molecule has 1 aromatic heterocycles. The average Bonchev–Trinajstić information content (AvgIpc) is 3.16. The number of hydrogen-bond donors (Lipinski definition) is 1. The molecule has 2 aliphatic rings. The lowest BCUT2D eigenvalue weighted by molar-refractivity contribution is -0.133. The second kappa shape index (κ2) is 9.54. The van der Waals surface area contributed by atoms with E-state index in [0.717, 1.165) is 70.4 Å². The van der Waals surface area contributed by atoms with Crippen molar-refractivity contribution in [3.63, 3.8) is 0 Å². The van der Waals surface area contributed by atoms with Gasteiger partial charge in [0.2, 0.25) is 5.91 Å². The summed E-state index contributed by atoms with van der Waals surface area (Å²) in [6, 6.07) is 1.90. The van der Waals surface area contributed by atoms with Crippen LogP contribution in [0, 0.1) is 11.8 Å². The van der Waals surface area contributed by atoms with Crippen molar-refractivity contribution in [2.45, 2.75) is 45.4 Å². The molecule has 0 unspecified atom stereocenters. The van der Waals surface area contributed by atoms with E-state index >= 15 is 0 Å². The van der Waals surface area contributed by atoms with Gasteiger partial charge in [-0.2, -0.15) is 5.10 Å². The second-order valence-electron chi connectivity index (χ2n) is 8.61. The number of rotatable bonds is 6. The fourth-order valence-corrected chi connectivity index (χ4v) is 4.60. The summed E-state index contributed by atoms with van der Waals surface area (Å²) >= 11 is 0. The topological polar surface area (TPSA) is 72.5 Å². The van der Waals surface area contributed by atoms with Crippen LogP contribution in [0.4, 0.5) is 0 Å². The van der Waals surface area contributed by atoms with Crippen molar-refractivity contribution in [2.24, 2.45) is 11.8 Å². The van der Waals surface area contributed by atoms with Gasteiger partial charge in [0.05, 0.1) is 6.54 Å².